The second kappa shape index (κ2) is 12.1. The van der Waals surface area contributed by atoms with E-state index in [0.29, 0.717) is 26.3 Å². The van der Waals surface area contributed by atoms with Crippen molar-refractivity contribution in [2.45, 2.75) is 33.7 Å². The maximum Gasteiger partial charge on any atom is 0.338 e. The lowest BCUT2D eigenvalue weighted by molar-refractivity contribution is -0.140. The molecule has 0 spiro atoms. The van der Waals surface area contributed by atoms with Gasteiger partial charge in [-0.3, -0.25) is 14.2 Å². The molecule has 1 atom stereocenters. The van der Waals surface area contributed by atoms with E-state index in [0.717, 1.165) is 5.56 Å². The molecule has 1 aliphatic heterocycles. The molecule has 0 radical (unpaired) electrons. The van der Waals surface area contributed by atoms with Gasteiger partial charge in [0, 0.05) is 6.92 Å². The van der Waals surface area contributed by atoms with Gasteiger partial charge >= 0.3 is 11.9 Å². The molecule has 0 bridgehead atoms. The highest BCUT2D eigenvalue weighted by Crippen LogP contribution is 2.36. The van der Waals surface area contributed by atoms with E-state index in [9.17, 15) is 14.4 Å². The Bertz CT molecular complexity index is 1630. The Morgan fingerprint density at radius 3 is 2.54 bits per heavy atom. The molecule has 0 N–H and O–H groups in total. The monoisotopic (exact) mass is 546 g/mol. The predicted molar refractivity (Wildman–Crippen MR) is 150 cm³/mol. The molecule has 2 heterocycles. The van der Waals surface area contributed by atoms with Crippen LogP contribution in [0.3, 0.4) is 0 Å². The predicted octanol–water partition coefficient (Wildman–Crippen LogP) is 4.03. The first-order chi connectivity index (χ1) is 18.7. The fourth-order valence-corrected chi connectivity index (χ4v) is 5.13. The summed E-state index contributed by atoms with van der Waals surface area (Å²) in [5.41, 5.74) is 2.03. The van der Waals surface area contributed by atoms with Crippen LogP contribution in [0.2, 0.25) is 0 Å². The molecule has 2 aromatic carbocycles. The number of carbonyl (C=O) groups excluding carboxylic acids is 2. The Hall–Kier alpha value is -4.24. The van der Waals surface area contributed by atoms with Crippen molar-refractivity contribution < 1.29 is 23.8 Å². The standard InChI is InChI=1S/C30H30N2O6S/c1-18(2)17-37-29(35)26-19(3)31-30-32(27(26)22-14-15-23(38-20(4)33)24(16-22)36-5)28(34)25(39-30)13-9-12-21-10-7-6-8-11-21/h6-16,18,27H,17H2,1-5H3/b12-9+,25-13+. The normalized spacial score (nSPS) is 15.3. The van der Waals surface area contributed by atoms with Gasteiger partial charge in [-0.2, -0.15) is 0 Å². The Labute approximate surface area is 230 Å². The van der Waals surface area contributed by atoms with E-state index >= 15 is 0 Å². The van der Waals surface area contributed by atoms with Gasteiger partial charge in [0.25, 0.3) is 5.56 Å². The summed E-state index contributed by atoms with van der Waals surface area (Å²) in [5.74, 6) is -0.381. The molecule has 0 saturated heterocycles. The number of benzene rings is 2. The second-order valence-electron chi connectivity index (χ2n) is 9.37. The van der Waals surface area contributed by atoms with Gasteiger partial charge < -0.3 is 14.2 Å². The van der Waals surface area contributed by atoms with Gasteiger partial charge in [-0.05, 0) is 42.2 Å². The quantitative estimate of drug-likeness (QED) is 0.313. The Kier molecular flexibility index (Phi) is 8.61. The largest absolute Gasteiger partial charge is 0.493 e. The number of carbonyl (C=O) groups is 2. The third-order valence-corrected chi connectivity index (χ3v) is 6.88. The van der Waals surface area contributed by atoms with E-state index in [1.165, 1.54) is 29.9 Å². The van der Waals surface area contributed by atoms with Crippen LogP contribution in [0.4, 0.5) is 0 Å². The first-order valence-corrected chi connectivity index (χ1v) is 13.3. The topological polar surface area (TPSA) is 96.2 Å². The number of methoxy groups -OCH3 is 1. The summed E-state index contributed by atoms with van der Waals surface area (Å²) in [5, 5.41) is 0. The minimum Gasteiger partial charge on any atom is -0.493 e. The lowest BCUT2D eigenvalue weighted by Crippen LogP contribution is -2.40. The number of hydrogen-bond acceptors (Lipinski definition) is 8. The van der Waals surface area contributed by atoms with Crippen LogP contribution in [-0.4, -0.2) is 30.2 Å². The molecule has 8 nitrogen and oxygen atoms in total. The van der Waals surface area contributed by atoms with Crippen molar-refractivity contribution in [3.05, 3.63) is 96.7 Å². The third-order valence-electron chi connectivity index (χ3n) is 5.88. The number of thiazole rings is 1. The van der Waals surface area contributed by atoms with Crippen molar-refractivity contribution in [1.82, 2.24) is 4.57 Å². The van der Waals surface area contributed by atoms with Crippen molar-refractivity contribution in [3.63, 3.8) is 0 Å². The van der Waals surface area contributed by atoms with Crippen LogP contribution in [-0.2, 0) is 14.3 Å². The molecule has 1 aromatic heterocycles. The van der Waals surface area contributed by atoms with Crippen molar-refractivity contribution in [1.29, 1.82) is 0 Å². The van der Waals surface area contributed by atoms with Gasteiger partial charge in [0.15, 0.2) is 16.3 Å². The van der Waals surface area contributed by atoms with Crippen LogP contribution in [0.15, 0.2) is 75.7 Å². The first-order valence-electron chi connectivity index (χ1n) is 12.5. The van der Waals surface area contributed by atoms with Crippen LogP contribution in [0.1, 0.15) is 44.9 Å². The Morgan fingerprint density at radius 2 is 1.87 bits per heavy atom. The summed E-state index contributed by atoms with van der Waals surface area (Å²) in [6, 6.07) is 13.9. The van der Waals surface area contributed by atoms with Gasteiger partial charge in [-0.1, -0.05) is 73.7 Å². The van der Waals surface area contributed by atoms with Gasteiger partial charge in [0.1, 0.15) is 0 Å². The molecule has 0 saturated carbocycles. The molecule has 4 rings (SSSR count). The first kappa shape index (κ1) is 27.8. The van der Waals surface area contributed by atoms with Crippen LogP contribution in [0.5, 0.6) is 11.5 Å². The average molecular weight is 547 g/mol. The van der Waals surface area contributed by atoms with Crippen LogP contribution in [0.25, 0.3) is 12.2 Å². The van der Waals surface area contributed by atoms with Gasteiger partial charge in [-0.15, -0.1) is 0 Å². The molecule has 1 unspecified atom stereocenters. The van der Waals surface area contributed by atoms with Crippen molar-refractivity contribution in [2.24, 2.45) is 10.9 Å². The molecular weight excluding hydrogens is 516 g/mol. The third kappa shape index (κ3) is 6.26. The minimum atomic E-state index is -0.818. The summed E-state index contributed by atoms with van der Waals surface area (Å²) < 4.78 is 18.3. The Morgan fingerprint density at radius 1 is 1.13 bits per heavy atom. The number of fused-ring (bicyclic) bond motifs is 1. The highest BCUT2D eigenvalue weighted by atomic mass is 32.1. The zero-order chi connectivity index (χ0) is 28.1. The molecule has 0 fully saturated rings. The molecule has 9 heteroatoms. The van der Waals surface area contributed by atoms with Crippen LogP contribution < -0.4 is 24.4 Å². The minimum absolute atomic E-state index is 0.133. The number of rotatable bonds is 8. The number of aromatic nitrogens is 1. The summed E-state index contributed by atoms with van der Waals surface area (Å²) >= 11 is 1.24. The summed E-state index contributed by atoms with van der Waals surface area (Å²) in [4.78, 5) is 43.7. The molecule has 202 valence electrons. The number of allylic oxidation sites excluding steroid dienone is 2. The van der Waals surface area contributed by atoms with E-state index in [1.54, 1.807) is 31.2 Å². The van der Waals surface area contributed by atoms with Crippen LogP contribution >= 0.6 is 11.3 Å². The maximum absolute atomic E-state index is 13.7. The SMILES string of the molecule is COc1cc(C2C(C(=O)OCC(C)C)=C(C)N=c3s/c(=C/C=C/c4ccccc4)c(=O)n32)ccc1OC(C)=O. The second-order valence-corrected chi connectivity index (χ2v) is 10.4. The number of nitrogens with zero attached hydrogens (tertiary/aromatic N) is 2. The summed E-state index contributed by atoms with van der Waals surface area (Å²) in [7, 11) is 1.45. The fraction of sp³-hybridized carbons (Fsp3) is 0.267. The zero-order valence-corrected chi connectivity index (χ0v) is 23.3. The zero-order valence-electron chi connectivity index (χ0n) is 22.5. The fourth-order valence-electron chi connectivity index (χ4n) is 4.14. The van der Waals surface area contributed by atoms with Crippen molar-refractivity contribution in [3.8, 4) is 11.5 Å². The van der Waals surface area contributed by atoms with Gasteiger partial charge in [-0.25, -0.2) is 9.79 Å². The summed E-state index contributed by atoms with van der Waals surface area (Å²) in [6.45, 7) is 7.15. The number of ether oxygens (including phenoxy) is 3. The molecule has 0 amide bonds. The van der Waals surface area contributed by atoms with Gasteiger partial charge in [0.2, 0.25) is 0 Å². The highest BCUT2D eigenvalue weighted by Gasteiger charge is 2.34. The smallest absolute Gasteiger partial charge is 0.338 e. The molecule has 39 heavy (non-hydrogen) atoms. The lowest BCUT2D eigenvalue weighted by Gasteiger charge is -2.25. The summed E-state index contributed by atoms with van der Waals surface area (Å²) in [6.07, 6.45) is 5.47. The van der Waals surface area contributed by atoms with E-state index in [4.69, 9.17) is 14.2 Å². The van der Waals surface area contributed by atoms with Crippen LogP contribution in [0, 0.1) is 5.92 Å². The Balaban J connectivity index is 1.86. The number of esters is 2. The van der Waals surface area contributed by atoms with Gasteiger partial charge in [0.05, 0.1) is 35.6 Å². The molecular formula is C30H30N2O6S. The maximum atomic E-state index is 13.7. The van der Waals surface area contributed by atoms with E-state index < -0.39 is 18.0 Å². The number of hydrogen-bond donors (Lipinski definition) is 0. The average Bonchev–Trinajstić information content (AvgIpc) is 3.21. The molecule has 3 aromatic rings. The van der Waals surface area contributed by atoms with E-state index in [-0.39, 0.29) is 29.4 Å². The van der Waals surface area contributed by atoms with E-state index in [1.807, 2.05) is 56.3 Å². The van der Waals surface area contributed by atoms with Crippen molar-refractivity contribution >= 4 is 35.4 Å². The highest BCUT2D eigenvalue weighted by molar-refractivity contribution is 7.07. The lowest BCUT2D eigenvalue weighted by atomic mass is 9.95. The van der Waals surface area contributed by atoms with Crippen molar-refractivity contribution in [2.75, 3.05) is 13.7 Å². The van der Waals surface area contributed by atoms with E-state index in [2.05, 4.69) is 4.99 Å². The molecule has 0 aliphatic carbocycles. The molecule has 1 aliphatic rings.